The molecule has 2 saturated heterocycles. The highest BCUT2D eigenvalue weighted by molar-refractivity contribution is 4.84. The van der Waals surface area contributed by atoms with E-state index in [1.54, 1.807) is 0 Å². The number of likely N-dealkylation sites (N-methyl/N-ethyl adjacent to an activating group) is 1. The number of ether oxygens (including phenoxy) is 2. The van der Waals surface area contributed by atoms with E-state index >= 15 is 0 Å². The Morgan fingerprint density at radius 1 is 1.43 bits per heavy atom. The van der Waals surface area contributed by atoms with Crippen molar-refractivity contribution in [2.75, 3.05) is 40.0 Å². The van der Waals surface area contributed by atoms with E-state index in [0.717, 1.165) is 32.9 Å². The Hall–Kier alpha value is -0.160. The molecule has 2 aliphatic rings. The first kappa shape index (κ1) is 10.4. The van der Waals surface area contributed by atoms with E-state index in [0.29, 0.717) is 18.2 Å². The minimum absolute atomic E-state index is 0.328. The molecule has 0 aromatic carbocycles. The van der Waals surface area contributed by atoms with Crippen molar-refractivity contribution >= 4 is 0 Å². The maximum absolute atomic E-state index is 5.73. The smallest absolute Gasteiger partial charge is 0.0852 e. The summed E-state index contributed by atoms with van der Waals surface area (Å²) in [5.74, 6) is 0. The highest BCUT2D eigenvalue weighted by Crippen LogP contribution is 2.09. The second kappa shape index (κ2) is 4.57. The molecule has 82 valence electrons. The molecule has 4 heteroatoms. The van der Waals surface area contributed by atoms with Gasteiger partial charge in [0.25, 0.3) is 0 Å². The fourth-order valence-corrected chi connectivity index (χ4v) is 1.92. The van der Waals surface area contributed by atoms with Crippen LogP contribution in [0, 0.1) is 0 Å². The first-order valence-electron chi connectivity index (χ1n) is 5.39. The van der Waals surface area contributed by atoms with Crippen LogP contribution in [0.4, 0.5) is 0 Å². The molecule has 14 heavy (non-hydrogen) atoms. The van der Waals surface area contributed by atoms with Crippen molar-refractivity contribution in [2.24, 2.45) is 0 Å². The average Bonchev–Trinajstić information content (AvgIpc) is 2.11. The average molecular weight is 200 g/mol. The molecule has 0 amide bonds. The van der Waals surface area contributed by atoms with Crippen molar-refractivity contribution in [3.8, 4) is 0 Å². The Bertz CT molecular complexity index is 185. The summed E-state index contributed by atoms with van der Waals surface area (Å²) in [5, 5.41) is 3.53. The SMILES string of the molecule is CC(NC1COC1)C1CN(C)CCO1. The largest absolute Gasteiger partial charge is 0.378 e. The summed E-state index contributed by atoms with van der Waals surface area (Å²) in [7, 11) is 2.15. The molecule has 0 aliphatic carbocycles. The van der Waals surface area contributed by atoms with Crippen LogP contribution in [0.15, 0.2) is 0 Å². The second-order valence-electron chi connectivity index (χ2n) is 4.36. The van der Waals surface area contributed by atoms with Crippen LogP contribution in [-0.4, -0.2) is 63.0 Å². The van der Waals surface area contributed by atoms with Crippen molar-refractivity contribution in [3.63, 3.8) is 0 Å². The van der Waals surface area contributed by atoms with Crippen molar-refractivity contribution in [1.29, 1.82) is 0 Å². The minimum atomic E-state index is 0.328. The van der Waals surface area contributed by atoms with E-state index in [1.807, 2.05) is 0 Å². The van der Waals surface area contributed by atoms with Crippen molar-refractivity contribution in [3.05, 3.63) is 0 Å². The van der Waals surface area contributed by atoms with Crippen LogP contribution < -0.4 is 5.32 Å². The zero-order valence-corrected chi connectivity index (χ0v) is 9.03. The van der Waals surface area contributed by atoms with E-state index in [1.165, 1.54) is 0 Å². The van der Waals surface area contributed by atoms with Gasteiger partial charge in [0.15, 0.2) is 0 Å². The predicted octanol–water partition coefficient (Wildman–Crippen LogP) is -0.306. The number of nitrogens with zero attached hydrogens (tertiary/aromatic N) is 1. The number of morpholine rings is 1. The topological polar surface area (TPSA) is 33.7 Å². The fourth-order valence-electron chi connectivity index (χ4n) is 1.92. The molecule has 2 atom stereocenters. The third kappa shape index (κ3) is 2.45. The Kier molecular flexibility index (Phi) is 3.38. The molecule has 0 radical (unpaired) electrons. The van der Waals surface area contributed by atoms with E-state index in [2.05, 4.69) is 24.2 Å². The molecule has 2 unspecified atom stereocenters. The van der Waals surface area contributed by atoms with Crippen LogP contribution in [0.25, 0.3) is 0 Å². The molecule has 2 aliphatic heterocycles. The third-order valence-electron chi connectivity index (χ3n) is 2.99. The van der Waals surface area contributed by atoms with Crippen LogP contribution in [0.5, 0.6) is 0 Å². The molecule has 2 fully saturated rings. The van der Waals surface area contributed by atoms with Gasteiger partial charge in [0.2, 0.25) is 0 Å². The quantitative estimate of drug-likeness (QED) is 0.678. The minimum Gasteiger partial charge on any atom is -0.378 e. The molecule has 2 heterocycles. The molecular weight excluding hydrogens is 180 g/mol. The number of nitrogens with one attached hydrogen (secondary N) is 1. The van der Waals surface area contributed by atoms with Gasteiger partial charge in [0.05, 0.1) is 32.0 Å². The van der Waals surface area contributed by atoms with Gasteiger partial charge >= 0.3 is 0 Å². The van der Waals surface area contributed by atoms with E-state index in [-0.39, 0.29) is 0 Å². The van der Waals surface area contributed by atoms with E-state index in [9.17, 15) is 0 Å². The van der Waals surface area contributed by atoms with Gasteiger partial charge in [-0.25, -0.2) is 0 Å². The van der Waals surface area contributed by atoms with Gasteiger partial charge in [-0.05, 0) is 14.0 Å². The van der Waals surface area contributed by atoms with E-state index in [4.69, 9.17) is 9.47 Å². The maximum atomic E-state index is 5.73. The molecular formula is C10H20N2O2. The highest BCUT2D eigenvalue weighted by Gasteiger charge is 2.27. The molecule has 0 aromatic heterocycles. The fraction of sp³-hybridized carbons (Fsp3) is 1.00. The Balaban J connectivity index is 1.74. The lowest BCUT2D eigenvalue weighted by Crippen LogP contribution is -2.56. The Labute approximate surface area is 85.5 Å². The molecule has 0 bridgehead atoms. The first-order valence-corrected chi connectivity index (χ1v) is 5.39. The van der Waals surface area contributed by atoms with Crippen molar-refractivity contribution < 1.29 is 9.47 Å². The van der Waals surface area contributed by atoms with Crippen LogP contribution >= 0.6 is 0 Å². The van der Waals surface area contributed by atoms with Crippen LogP contribution in [-0.2, 0) is 9.47 Å². The number of hydrogen-bond acceptors (Lipinski definition) is 4. The van der Waals surface area contributed by atoms with Crippen LogP contribution in [0.3, 0.4) is 0 Å². The van der Waals surface area contributed by atoms with Gasteiger partial charge in [-0.1, -0.05) is 0 Å². The van der Waals surface area contributed by atoms with Crippen molar-refractivity contribution in [1.82, 2.24) is 10.2 Å². The number of rotatable bonds is 3. The van der Waals surface area contributed by atoms with Gasteiger partial charge in [0.1, 0.15) is 0 Å². The zero-order valence-electron chi connectivity index (χ0n) is 9.03. The van der Waals surface area contributed by atoms with Crippen LogP contribution in [0.1, 0.15) is 6.92 Å². The Morgan fingerprint density at radius 2 is 2.21 bits per heavy atom. The molecule has 1 N–H and O–H groups in total. The predicted molar refractivity (Wildman–Crippen MR) is 54.4 cm³/mol. The van der Waals surface area contributed by atoms with E-state index < -0.39 is 0 Å². The summed E-state index contributed by atoms with van der Waals surface area (Å²) >= 11 is 0. The highest BCUT2D eigenvalue weighted by atomic mass is 16.5. The normalized spacial score (nSPS) is 32.6. The summed E-state index contributed by atoms with van der Waals surface area (Å²) in [5.41, 5.74) is 0. The Morgan fingerprint density at radius 3 is 2.79 bits per heavy atom. The molecule has 0 spiro atoms. The van der Waals surface area contributed by atoms with Gasteiger partial charge in [-0.3, -0.25) is 0 Å². The summed E-state index contributed by atoms with van der Waals surface area (Å²) in [6, 6.07) is 0.965. The summed E-state index contributed by atoms with van der Waals surface area (Å²) in [6.45, 7) is 6.84. The van der Waals surface area contributed by atoms with Gasteiger partial charge < -0.3 is 19.7 Å². The summed E-state index contributed by atoms with van der Waals surface area (Å²) in [4.78, 5) is 2.32. The molecule has 2 rings (SSSR count). The second-order valence-corrected chi connectivity index (χ2v) is 4.36. The third-order valence-corrected chi connectivity index (χ3v) is 2.99. The van der Waals surface area contributed by atoms with Crippen LogP contribution in [0.2, 0.25) is 0 Å². The van der Waals surface area contributed by atoms with Gasteiger partial charge in [-0.2, -0.15) is 0 Å². The number of hydrogen-bond donors (Lipinski definition) is 1. The van der Waals surface area contributed by atoms with Gasteiger partial charge in [0, 0.05) is 19.1 Å². The zero-order chi connectivity index (χ0) is 9.97. The van der Waals surface area contributed by atoms with Gasteiger partial charge in [-0.15, -0.1) is 0 Å². The monoisotopic (exact) mass is 200 g/mol. The molecule has 0 saturated carbocycles. The lowest BCUT2D eigenvalue weighted by atomic mass is 10.1. The lowest BCUT2D eigenvalue weighted by molar-refractivity contribution is -0.0564. The molecule has 4 nitrogen and oxygen atoms in total. The first-order chi connectivity index (χ1) is 6.75. The standard InChI is InChI=1S/C10H20N2O2/c1-8(11-9-6-13-7-9)10-5-12(2)3-4-14-10/h8-11H,3-7H2,1-2H3. The van der Waals surface area contributed by atoms with Crippen molar-refractivity contribution in [2.45, 2.75) is 25.1 Å². The lowest BCUT2D eigenvalue weighted by Gasteiger charge is -2.37. The molecule has 0 aromatic rings. The summed E-state index contributed by atoms with van der Waals surface area (Å²) < 4.78 is 10.9. The maximum Gasteiger partial charge on any atom is 0.0852 e. The summed E-state index contributed by atoms with van der Waals surface area (Å²) in [6.07, 6.45) is 0.328.